The topological polar surface area (TPSA) is 38.1 Å². The highest BCUT2D eigenvalue weighted by Gasteiger charge is 2.38. The van der Waals surface area contributed by atoms with Crippen LogP contribution in [0.15, 0.2) is 12.3 Å². The van der Waals surface area contributed by atoms with Gasteiger partial charge < -0.3 is 9.47 Å². The fourth-order valence-electron chi connectivity index (χ4n) is 3.69. The Balaban J connectivity index is 1.77. The molecule has 0 aromatic carbocycles. The second-order valence-corrected chi connectivity index (χ2v) is 6.60. The van der Waals surface area contributed by atoms with Crippen molar-refractivity contribution >= 4 is 28.5 Å². The number of aryl methyl sites for hydroxylation is 1. The number of hydrogen-bond acceptors (Lipinski definition) is 2. The van der Waals surface area contributed by atoms with Gasteiger partial charge in [0.2, 0.25) is 5.91 Å². The molecule has 0 spiro atoms. The number of pyridine rings is 1. The number of hydrogen-bond donors (Lipinski definition) is 0. The molecule has 6 heteroatoms. The molecule has 1 saturated heterocycles. The number of amides is 1. The van der Waals surface area contributed by atoms with Crippen molar-refractivity contribution in [2.75, 3.05) is 6.54 Å². The van der Waals surface area contributed by atoms with E-state index in [9.17, 15) is 9.18 Å². The minimum Gasteiger partial charge on any atom is -0.336 e. The van der Waals surface area contributed by atoms with Crippen LogP contribution in [0.4, 0.5) is 4.39 Å². The van der Waals surface area contributed by atoms with Gasteiger partial charge >= 0.3 is 0 Å². The van der Waals surface area contributed by atoms with Crippen molar-refractivity contribution < 1.29 is 9.18 Å². The van der Waals surface area contributed by atoms with Gasteiger partial charge in [-0.15, -0.1) is 0 Å². The first kappa shape index (κ1) is 14.0. The lowest BCUT2D eigenvalue weighted by Crippen LogP contribution is -2.48. The Hall–Kier alpha value is -1.62. The minimum absolute atomic E-state index is 0.0783. The lowest BCUT2D eigenvalue weighted by Gasteiger charge is -2.34. The average Bonchev–Trinajstić information content (AvgIpc) is 3.06. The van der Waals surface area contributed by atoms with E-state index in [0.29, 0.717) is 24.4 Å². The minimum atomic E-state index is -1.05. The quantitative estimate of drug-likeness (QED) is 0.810. The standard InChI is InChI=1S/C16H17ClFN3O/c1-9-11-5-10-6-14(20-4-2-3-15(20)22)13(18)8-21(10)16(11)19-7-12(9)17/h5,7,13-14H,2-4,6,8H2,1H3. The van der Waals surface area contributed by atoms with Crippen LogP contribution in [0.3, 0.4) is 0 Å². The number of halogens is 2. The molecule has 22 heavy (non-hydrogen) atoms. The van der Waals surface area contributed by atoms with Crippen LogP contribution in [-0.4, -0.2) is 39.1 Å². The second kappa shape index (κ2) is 4.95. The lowest BCUT2D eigenvalue weighted by molar-refractivity contribution is -0.131. The zero-order valence-electron chi connectivity index (χ0n) is 12.4. The van der Waals surface area contributed by atoms with E-state index in [1.54, 1.807) is 11.1 Å². The fourth-order valence-corrected chi connectivity index (χ4v) is 3.84. The lowest BCUT2D eigenvalue weighted by atomic mass is 10.0. The van der Waals surface area contributed by atoms with Gasteiger partial charge in [-0.25, -0.2) is 9.37 Å². The molecule has 4 nitrogen and oxygen atoms in total. The smallest absolute Gasteiger partial charge is 0.222 e. The molecule has 1 fully saturated rings. The summed E-state index contributed by atoms with van der Waals surface area (Å²) in [5.74, 6) is 0.0783. The molecule has 1 amide bonds. The molecule has 0 N–H and O–H groups in total. The normalized spacial score (nSPS) is 25.0. The largest absolute Gasteiger partial charge is 0.336 e. The van der Waals surface area contributed by atoms with Gasteiger partial charge in [-0.2, -0.15) is 0 Å². The van der Waals surface area contributed by atoms with E-state index >= 15 is 0 Å². The molecule has 0 radical (unpaired) electrons. The molecule has 2 aromatic rings. The summed E-state index contributed by atoms with van der Waals surface area (Å²) in [6.45, 7) is 2.88. The SMILES string of the molecule is Cc1c(Cl)cnc2c1cc1n2CC(F)C(N2CCCC2=O)C1. The van der Waals surface area contributed by atoms with Crippen LogP contribution < -0.4 is 0 Å². The first-order valence-electron chi connectivity index (χ1n) is 7.63. The van der Waals surface area contributed by atoms with Crippen LogP contribution in [0, 0.1) is 6.92 Å². The zero-order chi connectivity index (χ0) is 15.4. The number of carbonyl (C=O) groups is 1. The average molecular weight is 322 g/mol. The van der Waals surface area contributed by atoms with Crippen molar-refractivity contribution in [3.05, 3.63) is 28.5 Å². The molecule has 4 rings (SSSR count). The van der Waals surface area contributed by atoms with E-state index in [-0.39, 0.29) is 18.5 Å². The molecular weight excluding hydrogens is 305 g/mol. The van der Waals surface area contributed by atoms with Gasteiger partial charge in [-0.3, -0.25) is 4.79 Å². The van der Waals surface area contributed by atoms with Crippen LogP contribution in [0.5, 0.6) is 0 Å². The van der Waals surface area contributed by atoms with Gasteiger partial charge in [-0.1, -0.05) is 11.6 Å². The van der Waals surface area contributed by atoms with Crippen LogP contribution >= 0.6 is 11.6 Å². The first-order chi connectivity index (χ1) is 10.6. The Bertz CT molecular complexity index is 772. The van der Waals surface area contributed by atoms with E-state index in [0.717, 1.165) is 28.7 Å². The third-order valence-corrected chi connectivity index (χ3v) is 5.30. The summed E-state index contributed by atoms with van der Waals surface area (Å²) in [6, 6.07) is 1.70. The number of aromatic nitrogens is 2. The number of likely N-dealkylation sites (tertiary alicyclic amines) is 1. The molecule has 2 aromatic heterocycles. The van der Waals surface area contributed by atoms with Gasteiger partial charge in [0.1, 0.15) is 11.8 Å². The predicted octanol–water partition coefficient (Wildman–Crippen LogP) is 2.88. The van der Waals surface area contributed by atoms with Gasteiger partial charge in [0, 0.05) is 36.7 Å². The van der Waals surface area contributed by atoms with Gasteiger partial charge in [0.05, 0.1) is 17.6 Å². The molecule has 4 heterocycles. The van der Waals surface area contributed by atoms with Crippen molar-refractivity contribution in [1.29, 1.82) is 0 Å². The molecule has 2 aliphatic heterocycles. The summed E-state index contributed by atoms with van der Waals surface area (Å²) in [7, 11) is 0. The van der Waals surface area contributed by atoms with Crippen molar-refractivity contribution in [2.45, 2.75) is 44.9 Å². The molecule has 2 unspecified atom stereocenters. The van der Waals surface area contributed by atoms with Crippen molar-refractivity contribution in [2.24, 2.45) is 0 Å². The third kappa shape index (κ3) is 1.95. The maximum Gasteiger partial charge on any atom is 0.222 e. The monoisotopic (exact) mass is 321 g/mol. The van der Waals surface area contributed by atoms with E-state index in [2.05, 4.69) is 4.98 Å². The number of carbonyl (C=O) groups excluding carboxylic acids is 1. The Labute approximate surface area is 132 Å². The molecule has 0 saturated carbocycles. The first-order valence-corrected chi connectivity index (χ1v) is 8.01. The maximum absolute atomic E-state index is 14.7. The van der Waals surface area contributed by atoms with Gasteiger partial charge in [0.25, 0.3) is 0 Å². The summed E-state index contributed by atoms with van der Waals surface area (Å²) in [5.41, 5.74) is 2.79. The highest BCUT2D eigenvalue weighted by Crippen LogP contribution is 2.32. The van der Waals surface area contributed by atoms with E-state index in [1.807, 2.05) is 17.6 Å². The number of fused-ring (bicyclic) bond motifs is 3. The van der Waals surface area contributed by atoms with Crippen molar-refractivity contribution in [3.63, 3.8) is 0 Å². The van der Waals surface area contributed by atoms with E-state index in [4.69, 9.17) is 11.6 Å². The summed E-state index contributed by atoms with van der Waals surface area (Å²) in [4.78, 5) is 18.0. The summed E-state index contributed by atoms with van der Waals surface area (Å²) < 4.78 is 16.6. The highest BCUT2D eigenvalue weighted by atomic mass is 35.5. The zero-order valence-corrected chi connectivity index (χ0v) is 13.1. The summed E-state index contributed by atoms with van der Waals surface area (Å²) in [6.07, 6.45) is 2.49. The van der Waals surface area contributed by atoms with Crippen LogP contribution in [0.25, 0.3) is 11.0 Å². The Morgan fingerprint density at radius 1 is 1.45 bits per heavy atom. The van der Waals surface area contributed by atoms with Gasteiger partial charge in [0.15, 0.2) is 0 Å². The second-order valence-electron chi connectivity index (χ2n) is 6.19. The fraction of sp³-hybridized carbons (Fsp3) is 0.500. The highest BCUT2D eigenvalue weighted by molar-refractivity contribution is 6.32. The predicted molar refractivity (Wildman–Crippen MR) is 82.8 cm³/mol. The van der Waals surface area contributed by atoms with Crippen molar-refractivity contribution in [3.8, 4) is 0 Å². The summed E-state index contributed by atoms with van der Waals surface area (Å²) >= 11 is 6.13. The molecule has 2 aliphatic rings. The van der Waals surface area contributed by atoms with Crippen LogP contribution in [0.1, 0.15) is 24.1 Å². The molecule has 2 atom stereocenters. The van der Waals surface area contributed by atoms with Gasteiger partial charge in [-0.05, 0) is 25.0 Å². The number of alkyl halides is 1. The molecule has 0 aliphatic carbocycles. The Morgan fingerprint density at radius 2 is 2.27 bits per heavy atom. The molecular formula is C16H17ClFN3O. The van der Waals surface area contributed by atoms with Crippen LogP contribution in [-0.2, 0) is 17.8 Å². The molecule has 0 bridgehead atoms. The van der Waals surface area contributed by atoms with E-state index in [1.165, 1.54) is 0 Å². The summed E-state index contributed by atoms with van der Waals surface area (Å²) in [5, 5.41) is 1.60. The Kier molecular flexibility index (Phi) is 3.15. The van der Waals surface area contributed by atoms with E-state index < -0.39 is 6.17 Å². The number of nitrogens with zero attached hydrogens (tertiary/aromatic N) is 3. The maximum atomic E-state index is 14.7. The van der Waals surface area contributed by atoms with Crippen molar-refractivity contribution in [1.82, 2.24) is 14.5 Å². The van der Waals surface area contributed by atoms with Crippen LogP contribution in [0.2, 0.25) is 5.02 Å². The third-order valence-electron chi connectivity index (χ3n) is 4.92. The number of rotatable bonds is 1. The molecule has 116 valence electrons. The Morgan fingerprint density at radius 3 is 3.00 bits per heavy atom.